The first kappa shape index (κ1) is 15.4. The van der Waals surface area contributed by atoms with E-state index in [1.165, 1.54) is 12.1 Å². The molecule has 0 saturated heterocycles. The van der Waals surface area contributed by atoms with Gasteiger partial charge in [0.2, 0.25) is 10.0 Å². The Bertz CT molecular complexity index is 717. The number of nitrogens with zero attached hydrogens (tertiary/aromatic N) is 3. The van der Waals surface area contributed by atoms with Crippen molar-refractivity contribution in [2.24, 2.45) is 0 Å². The van der Waals surface area contributed by atoms with Crippen LogP contribution in [0.25, 0.3) is 0 Å². The molecule has 2 aromatic rings. The van der Waals surface area contributed by atoms with Gasteiger partial charge in [0.05, 0.1) is 11.6 Å². The Hall–Kier alpha value is -0.960. The fourth-order valence-electron chi connectivity index (χ4n) is 1.61. The van der Waals surface area contributed by atoms with Gasteiger partial charge in [-0.2, -0.15) is 0 Å². The van der Waals surface area contributed by atoms with Gasteiger partial charge in [-0.05, 0) is 25.1 Å². The predicted octanol–water partition coefficient (Wildman–Crippen LogP) is 2.19. The van der Waals surface area contributed by atoms with Gasteiger partial charge >= 0.3 is 0 Å². The number of sulfonamides is 1. The van der Waals surface area contributed by atoms with E-state index in [2.05, 4.69) is 30.8 Å². The van der Waals surface area contributed by atoms with Gasteiger partial charge in [-0.15, -0.1) is 10.2 Å². The zero-order valence-corrected chi connectivity index (χ0v) is 13.7. The summed E-state index contributed by atoms with van der Waals surface area (Å²) in [5.74, 6) is 0.546. The minimum Gasteiger partial charge on any atom is -0.317 e. The van der Waals surface area contributed by atoms with Gasteiger partial charge in [-0.25, -0.2) is 13.1 Å². The molecule has 2 rings (SSSR count). The zero-order valence-electron chi connectivity index (χ0n) is 10.5. The van der Waals surface area contributed by atoms with Crippen molar-refractivity contribution in [1.29, 1.82) is 0 Å². The van der Waals surface area contributed by atoms with Crippen molar-refractivity contribution in [3.8, 4) is 0 Å². The summed E-state index contributed by atoms with van der Waals surface area (Å²) in [5, 5.41) is 7.76. The highest BCUT2D eigenvalue weighted by Gasteiger charge is 2.18. The molecule has 0 radical (unpaired) electrons. The summed E-state index contributed by atoms with van der Waals surface area (Å²) in [5.41, 5.74) is 0. The quantitative estimate of drug-likeness (QED) is 0.864. The second-order valence-corrected chi connectivity index (χ2v) is 6.99. The number of aryl methyl sites for hydroxylation is 1. The second-order valence-electron chi connectivity index (χ2n) is 3.93. The van der Waals surface area contributed by atoms with Crippen LogP contribution in [0.2, 0.25) is 5.02 Å². The Morgan fingerprint density at radius 3 is 2.85 bits per heavy atom. The third-order valence-electron chi connectivity index (χ3n) is 2.64. The molecule has 0 saturated carbocycles. The smallest absolute Gasteiger partial charge is 0.242 e. The summed E-state index contributed by atoms with van der Waals surface area (Å²) in [6.45, 7) is 2.65. The highest BCUT2D eigenvalue weighted by atomic mass is 79.9. The molecule has 0 unspecified atom stereocenters. The largest absolute Gasteiger partial charge is 0.317 e. The molecule has 0 atom stereocenters. The molecule has 0 aliphatic carbocycles. The van der Waals surface area contributed by atoms with Crippen molar-refractivity contribution in [2.45, 2.75) is 24.9 Å². The van der Waals surface area contributed by atoms with Gasteiger partial charge in [0.15, 0.2) is 0 Å². The van der Waals surface area contributed by atoms with Crippen molar-refractivity contribution in [1.82, 2.24) is 19.5 Å². The molecule has 20 heavy (non-hydrogen) atoms. The van der Waals surface area contributed by atoms with E-state index >= 15 is 0 Å². The first-order chi connectivity index (χ1) is 9.44. The zero-order chi connectivity index (χ0) is 14.8. The maximum absolute atomic E-state index is 12.2. The standard InChI is InChI=1S/C11H12BrClN4O2S/c1-2-17-7-14-16-11(17)6-15-20(18,19)10-4-3-8(12)5-9(10)13/h3-5,7,15H,2,6H2,1H3. The number of nitrogens with one attached hydrogen (secondary N) is 1. The Morgan fingerprint density at radius 1 is 1.45 bits per heavy atom. The van der Waals surface area contributed by atoms with E-state index in [4.69, 9.17) is 11.6 Å². The van der Waals surface area contributed by atoms with E-state index in [1.807, 2.05) is 6.92 Å². The number of benzene rings is 1. The molecule has 1 aromatic heterocycles. The van der Waals surface area contributed by atoms with Crippen LogP contribution in [0.5, 0.6) is 0 Å². The molecule has 0 fully saturated rings. The minimum absolute atomic E-state index is 0.0323. The van der Waals surface area contributed by atoms with Crippen LogP contribution in [-0.2, 0) is 23.1 Å². The number of halogens is 2. The Kier molecular flexibility index (Phi) is 4.79. The van der Waals surface area contributed by atoms with Crippen LogP contribution < -0.4 is 4.72 Å². The highest BCUT2D eigenvalue weighted by Crippen LogP contribution is 2.25. The molecule has 1 aromatic carbocycles. The van der Waals surface area contributed by atoms with E-state index < -0.39 is 10.0 Å². The molecule has 6 nitrogen and oxygen atoms in total. The summed E-state index contributed by atoms with van der Waals surface area (Å²) in [4.78, 5) is 0.0323. The summed E-state index contributed by atoms with van der Waals surface area (Å²) in [7, 11) is -3.69. The molecule has 0 aliphatic heterocycles. The molecule has 0 aliphatic rings. The fourth-order valence-corrected chi connectivity index (χ4v) is 3.63. The summed E-state index contributed by atoms with van der Waals surface area (Å²) >= 11 is 9.18. The lowest BCUT2D eigenvalue weighted by Gasteiger charge is -2.09. The molecular formula is C11H12BrClN4O2S. The number of aromatic nitrogens is 3. The van der Waals surface area contributed by atoms with Gasteiger partial charge in [-0.1, -0.05) is 27.5 Å². The molecule has 0 spiro atoms. The lowest BCUT2D eigenvalue weighted by atomic mass is 10.4. The Balaban J connectivity index is 2.19. The number of rotatable bonds is 5. The maximum Gasteiger partial charge on any atom is 0.242 e. The second kappa shape index (κ2) is 6.21. The lowest BCUT2D eigenvalue weighted by molar-refractivity contribution is 0.575. The Labute approximate surface area is 130 Å². The van der Waals surface area contributed by atoms with Crippen LogP contribution in [0.15, 0.2) is 33.9 Å². The summed E-state index contributed by atoms with van der Waals surface area (Å²) in [6.07, 6.45) is 1.55. The van der Waals surface area contributed by atoms with E-state index in [9.17, 15) is 8.42 Å². The van der Waals surface area contributed by atoms with Crippen molar-refractivity contribution < 1.29 is 8.42 Å². The van der Waals surface area contributed by atoms with Crippen LogP contribution in [0, 0.1) is 0 Å². The summed E-state index contributed by atoms with van der Waals surface area (Å²) < 4.78 is 29.3. The van der Waals surface area contributed by atoms with Crippen LogP contribution >= 0.6 is 27.5 Å². The van der Waals surface area contributed by atoms with Gasteiger partial charge in [0, 0.05) is 11.0 Å². The minimum atomic E-state index is -3.69. The molecular weight excluding hydrogens is 368 g/mol. The van der Waals surface area contributed by atoms with Crippen molar-refractivity contribution in [3.05, 3.63) is 39.8 Å². The molecule has 1 heterocycles. The molecule has 0 bridgehead atoms. The van der Waals surface area contributed by atoms with Gasteiger partial charge in [0.25, 0.3) is 0 Å². The predicted molar refractivity (Wildman–Crippen MR) is 78.9 cm³/mol. The molecule has 1 N–H and O–H groups in total. The third kappa shape index (κ3) is 3.38. The first-order valence-electron chi connectivity index (χ1n) is 5.75. The molecule has 9 heteroatoms. The van der Waals surface area contributed by atoms with E-state index in [1.54, 1.807) is 17.0 Å². The van der Waals surface area contributed by atoms with Crippen molar-refractivity contribution >= 4 is 37.6 Å². The van der Waals surface area contributed by atoms with Crippen LogP contribution in [0.4, 0.5) is 0 Å². The highest BCUT2D eigenvalue weighted by molar-refractivity contribution is 9.10. The van der Waals surface area contributed by atoms with E-state index in [0.717, 1.165) is 0 Å². The van der Waals surface area contributed by atoms with Gasteiger partial charge in [0.1, 0.15) is 17.0 Å². The third-order valence-corrected chi connectivity index (χ3v) is 5.02. The van der Waals surface area contributed by atoms with Crippen molar-refractivity contribution in [2.75, 3.05) is 0 Å². The monoisotopic (exact) mass is 378 g/mol. The average molecular weight is 380 g/mol. The van der Waals surface area contributed by atoms with E-state index in [-0.39, 0.29) is 16.5 Å². The van der Waals surface area contributed by atoms with Crippen LogP contribution in [-0.4, -0.2) is 23.2 Å². The normalized spacial score (nSPS) is 11.8. The van der Waals surface area contributed by atoms with Crippen LogP contribution in [0.3, 0.4) is 0 Å². The van der Waals surface area contributed by atoms with Gasteiger partial charge in [-0.3, -0.25) is 0 Å². The number of hydrogen-bond donors (Lipinski definition) is 1. The lowest BCUT2D eigenvalue weighted by Crippen LogP contribution is -2.25. The first-order valence-corrected chi connectivity index (χ1v) is 8.41. The van der Waals surface area contributed by atoms with E-state index in [0.29, 0.717) is 16.8 Å². The van der Waals surface area contributed by atoms with Gasteiger partial charge < -0.3 is 4.57 Å². The molecule has 0 amide bonds. The fraction of sp³-hybridized carbons (Fsp3) is 0.273. The average Bonchev–Trinajstić information content (AvgIpc) is 2.83. The Morgan fingerprint density at radius 2 is 2.20 bits per heavy atom. The maximum atomic E-state index is 12.2. The molecule has 108 valence electrons. The van der Waals surface area contributed by atoms with Crippen molar-refractivity contribution in [3.63, 3.8) is 0 Å². The summed E-state index contributed by atoms with van der Waals surface area (Å²) in [6, 6.07) is 4.60. The topological polar surface area (TPSA) is 76.9 Å². The number of hydrogen-bond acceptors (Lipinski definition) is 4. The van der Waals surface area contributed by atoms with Crippen LogP contribution in [0.1, 0.15) is 12.7 Å². The SMILES string of the molecule is CCn1cnnc1CNS(=O)(=O)c1ccc(Br)cc1Cl.